The molecule has 0 aliphatic carbocycles. The number of hydrogen-bond donors (Lipinski definition) is 3. The summed E-state index contributed by atoms with van der Waals surface area (Å²) in [7, 11) is 1.87. The second-order valence-electron chi connectivity index (χ2n) is 6.08. The van der Waals surface area contributed by atoms with Crippen molar-refractivity contribution in [2.45, 2.75) is 13.3 Å². The average Bonchev–Trinajstić information content (AvgIpc) is 3.08. The highest BCUT2D eigenvalue weighted by molar-refractivity contribution is 5.86. The van der Waals surface area contributed by atoms with Gasteiger partial charge in [0.2, 0.25) is 0 Å². The summed E-state index contributed by atoms with van der Waals surface area (Å²) in [5, 5.41) is 15.1. The first-order valence-corrected chi connectivity index (χ1v) is 9.20. The number of fused-ring (bicyclic) bond motifs is 1. The molecule has 2 aromatic heterocycles. The first-order valence-electron chi connectivity index (χ1n) is 9.20. The smallest absolute Gasteiger partial charge is 0.191 e. The molecule has 27 heavy (non-hydrogen) atoms. The minimum atomic E-state index is 0.712. The standard InChI is InChI=1S/C19H26N8/c1-3-20-19(22-10-9-15-7-5-4-6-8-15)23-12-11-21-17-16-13-26-27(2)18(16)25-14-24-17/h4-8,13-14H,3,9-12H2,1-2H3,(H2,20,22,23)(H,21,24,25). The van der Waals surface area contributed by atoms with Crippen LogP contribution in [-0.2, 0) is 13.5 Å². The summed E-state index contributed by atoms with van der Waals surface area (Å²) in [6, 6.07) is 10.4. The number of rotatable bonds is 8. The van der Waals surface area contributed by atoms with Gasteiger partial charge in [-0.2, -0.15) is 5.10 Å². The summed E-state index contributed by atoms with van der Waals surface area (Å²) in [6.07, 6.45) is 4.25. The molecule has 0 aliphatic rings. The van der Waals surface area contributed by atoms with E-state index < -0.39 is 0 Å². The molecule has 1 aromatic carbocycles. The maximum absolute atomic E-state index is 4.63. The lowest BCUT2D eigenvalue weighted by Gasteiger charge is -2.12. The zero-order valence-corrected chi connectivity index (χ0v) is 15.8. The fourth-order valence-electron chi connectivity index (χ4n) is 2.75. The Hall–Kier alpha value is -3.16. The molecule has 3 N–H and O–H groups in total. The second-order valence-corrected chi connectivity index (χ2v) is 6.08. The molecule has 0 fully saturated rings. The minimum absolute atomic E-state index is 0.712. The Morgan fingerprint density at radius 1 is 1.11 bits per heavy atom. The van der Waals surface area contributed by atoms with Gasteiger partial charge in [-0.1, -0.05) is 30.3 Å². The topological polar surface area (TPSA) is 92.1 Å². The molecule has 0 bridgehead atoms. The maximum atomic E-state index is 4.63. The van der Waals surface area contributed by atoms with Crippen molar-refractivity contribution in [3.8, 4) is 0 Å². The minimum Gasteiger partial charge on any atom is -0.368 e. The molecule has 3 aromatic rings. The van der Waals surface area contributed by atoms with Crippen LogP contribution < -0.4 is 16.0 Å². The number of guanidine groups is 1. The van der Waals surface area contributed by atoms with Gasteiger partial charge in [0.1, 0.15) is 12.1 Å². The number of aromatic nitrogens is 4. The number of hydrogen-bond acceptors (Lipinski definition) is 5. The van der Waals surface area contributed by atoms with Gasteiger partial charge in [0, 0.05) is 33.2 Å². The van der Waals surface area contributed by atoms with Gasteiger partial charge in [-0.3, -0.25) is 9.67 Å². The van der Waals surface area contributed by atoms with E-state index in [9.17, 15) is 0 Å². The second kappa shape index (κ2) is 9.51. The number of benzene rings is 1. The largest absolute Gasteiger partial charge is 0.368 e. The first-order chi connectivity index (χ1) is 13.3. The van der Waals surface area contributed by atoms with Gasteiger partial charge in [-0.25, -0.2) is 9.97 Å². The fourth-order valence-corrected chi connectivity index (χ4v) is 2.75. The predicted molar refractivity (Wildman–Crippen MR) is 109 cm³/mol. The Bertz CT molecular complexity index is 872. The van der Waals surface area contributed by atoms with E-state index in [2.05, 4.69) is 67.2 Å². The molecule has 0 saturated carbocycles. The number of nitrogens with one attached hydrogen (secondary N) is 3. The molecule has 0 amide bonds. The fraction of sp³-hybridized carbons (Fsp3) is 0.368. The lowest BCUT2D eigenvalue weighted by molar-refractivity contribution is 0.785. The third-order valence-electron chi connectivity index (χ3n) is 4.10. The maximum Gasteiger partial charge on any atom is 0.191 e. The van der Waals surface area contributed by atoms with Gasteiger partial charge in [-0.05, 0) is 18.9 Å². The summed E-state index contributed by atoms with van der Waals surface area (Å²) in [5.41, 5.74) is 2.11. The zero-order valence-electron chi connectivity index (χ0n) is 15.8. The van der Waals surface area contributed by atoms with E-state index >= 15 is 0 Å². The van der Waals surface area contributed by atoms with E-state index in [0.717, 1.165) is 48.9 Å². The summed E-state index contributed by atoms with van der Waals surface area (Å²) in [6.45, 7) is 5.07. The summed E-state index contributed by atoms with van der Waals surface area (Å²) in [5.74, 6) is 1.62. The lowest BCUT2D eigenvalue weighted by atomic mass is 10.2. The number of nitrogens with zero attached hydrogens (tertiary/aromatic N) is 5. The van der Waals surface area contributed by atoms with E-state index in [4.69, 9.17) is 0 Å². The van der Waals surface area contributed by atoms with Crippen LogP contribution in [0.3, 0.4) is 0 Å². The van der Waals surface area contributed by atoms with Gasteiger partial charge < -0.3 is 16.0 Å². The van der Waals surface area contributed by atoms with Crippen molar-refractivity contribution < 1.29 is 0 Å². The van der Waals surface area contributed by atoms with Crippen molar-refractivity contribution in [3.63, 3.8) is 0 Å². The van der Waals surface area contributed by atoms with Crippen molar-refractivity contribution >= 4 is 22.8 Å². The van der Waals surface area contributed by atoms with Gasteiger partial charge in [0.15, 0.2) is 11.6 Å². The van der Waals surface area contributed by atoms with Gasteiger partial charge in [0.05, 0.1) is 11.6 Å². The highest BCUT2D eigenvalue weighted by Gasteiger charge is 2.07. The molecule has 0 unspecified atom stereocenters. The van der Waals surface area contributed by atoms with Crippen molar-refractivity contribution in [3.05, 3.63) is 48.4 Å². The van der Waals surface area contributed by atoms with Crippen molar-refractivity contribution in [1.29, 1.82) is 0 Å². The van der Waals surface area contributed by atoms with Crippen LogP contribution in [0.15, 0.2) is 47.8 Å². The Balaban J connectivity index is 1.48. The van der Waals surface area contributed by atoms with Crippen molar-refractivity contribution in [2.75, 3.05) is 31.5 Å². The molecule has 8 heteroatoms. The quantitative estimate of drug-likeness (QED) is 0.318. The highest BCUT2D eigenvalue weighted by Crippen LogP contribution is 2.16. The van der Waals surface area contributed by atoms with Crippen LogP contribution in [-0.4, -0.2) is 51.9 Å². The van der Waals surface area contributed by atoms with E-state index in [1.54, 1.807) is 17.2 Å². The molecule has 0 radical (unpaired) electrons. The molecule has 142 valence electrons. The average molecular weight is 366 g/mol. The molecule has 2 heterocycles. The molecule has 3 rings (SSSR count). The van der Waals surface area contributed by atoms with Crippen LogP contribution in [0.25, 0.3) is 11.0 Å². The van der Waals surface area contributed by atoms with Crippen LogP contribution in [0.5, 0.6) is 0 Å². The summed E-state index contributed by atoms with van der Waals surface area (Å²) in [4.78, 5) is 13.2. The molecule has 0 saturated heterocycles. The van der Waals surface area contributed by atoms with Crippen molar-refractivity contribution in [2.24, 2.45) is 12.0 Å². The molecule has 0 atom stereocenters. The van der Waals surface area contributed by atoms with Crippen LogP contribution in [0.4, 0.5) is 5.82 Å². The van der Waals surface area contributed by atoms with Crippen LogP contribution in [0.2, 0.25) is 0 Å². The van der Waals surface area contributed by atoms with Gasteiger partial charge >= 0.3 is 0 Å². The molecular formula is C19H26N8. The zero-order chi connectivity index (χ0) is 18.9. The van der Waals surface area contributed by atoms with E-state index in [-0.39, 0.29) is 0 Å². The Kier molecular flexibility index (Phi) is 6.56. The van der Waals surface area contributed by atoms with Crippen LogP contribution in [0.1, 0.15) is 12.5 Å². The highest BCUT2D eigenvalue weighted by atomic mass is 15.3. The van der Waals surface area contributed by atoms with E-state index in [0.29, 0.717) is 6.54 Å². The first kappa shape index (κ1) is 18.6. The molecule has 0 spiro atoms. The van der Waals surface area contributed by atoms with Crippen LogP contribution >= 0.6 is 0 Å². The van der Waals surface area contributed by atoms with Gasteiger partial charge in [0.25, 0.3) is 0 Å². The number of anilines is 1. The Labute approximate surface area is 159 Å². The predicted octanol–water partition coefficient (Wildman–Crippen LogP) is 1.57. The SMILES string of the molecule is CCNC(=NCCc1ccccc1)NCCNc1ncnc2c1cnn2C. The molecule has 8 nitrogen and oxygen atoms in total. The van der Waals surface area contributed by atoms with Crippen LogP contribution in [0, 0.1) is 0 Å². The monoisotopic (exact) mass is 366 g/mol. The summed E-state index contributed by atoms with van der Waals surface area (Å²) < 4.78 is 1.74. The number of aryl methyl sites for hydroxylation is 1. The third-order valence-corrected chi connectivity index (χ3v) is 4.10. The normalized spacial score (nSPS) is 11.6. The van der Waals surface area contributed by atoms with Gasteiger partial charge in [-0.15, -0.1) is 0 Å². The van der Waals surface area contributed by atoms with E-state index in [1.807, 2.05) is 13.1 Å². The number of aliphatic imine (C=N–C) groups is 1. The third kappa shape index (κ3) is 5.16. The molecular weight excluding hydrogens is 340 g/mol. The Morgan fingerprint density at radius 2 is 1.96 bits per heavy atom. The Morgan fingerprint density at radius 3 is 2.78 bits per heavy atom. The van der Waals surface area contributed by atoms with E-state index in [1.165, 1.54) is 5.56 Å². The summed E-state index contributed by atoms with van der Waals surface area (Å²) >= 11 is 0. The molecule has 0 aliphatic heterocycles. The lowest BCUT2D eigenvalue weighted by Crippen LogP contribution is -2.39. The van der Waals surface area contributed by atoms with Crippen molar-refractivity contribution in [1.82, 2.24) is 30.4 Å².